The van der Waals surface area contributed by atoms with Crippen molar-refractivity contribution in [1.29, 1.82) is 0 Å². The van der Waals surface area contributed by atoms with E-state index in [2.05, 4.69) is 5.32 Å². The van der Waals surface area contributed by atoms with Crippen LogP contribution in [0.15, 0.2) is 29.2 Å². The second-order valence-electron chi connectivity index (χ2n) is 8.15. The number of hydrogen-bond acceptors (Lipinski definition) is 4. The van der Waals surface area contributed by atoms with E-state index in [1.165, 1.54) is 12.3 Å². The lowest BCUT2D eigenvalue weighted by Crippen LogP contribution is -2.47. The number of benzene rings is 1. The SMILES string of the molecule is Cc1ccc(CNC(=O)c2cn3c(c(O)c2=O)C(=O)N2C[C@@H]3CCC[C@@H]2C)c(F)c1. The van der Waals surface area contributed by atoms with E-state index in [0.29, 0.717) is 12.1 Å². The van der Waals surface area contributed by atoms with Gasteiger partial charge >= 0.3 is 0 Å². The van der Waals surface area contributed by atoms with E-state index in [4.69, 9.17) is 0 Å². The zero-order valence-corrected chi connectivity index (χ0v) is 16.9. The van der Waals surface area contributed by atoms with Crippen LogP contribution >= 0.6 is 0 Å². The highest BCUT2D eigenvalue weighted by molar-refractivity contribution is 5.99. The lowest BCUT2D eigenvalue weighted by atomic mass is 10.1. The van der Waals surface area contributed by atoms with E-state index in [1.54, 1.807) is 28.5 Å². The van der Waals surface area contributed by atoms with Crippen molar-refractivity contribution in [3.05, 3.63) is 62.8 Å². The fourth-order valence-corrected chi connectivity index (χ4v) is 4.30. The van der Waals surface area contributed by atoms with Crippen LogP contribution < -0.4 is 10.7 Å². The maximum Gasteiger partial charge on any atom is 0.274 e. The Hall–Kier alpha value is -3.16. The molecule has 2 N–H and O–H groups in total. The molecule has 3 heterocycles. The molecular formula is C22H24FN3O4. The molecule has 2 amide bonds. The predicted molar refractivity (Wildman–Crippen MR) is 108 cm³/mol. The summed E-state index contributed by atoms with van der Waals surface area (Å²) in [6.45, 7) is 4.10. The molecular weight excluding hydrogens is 389 g/mol. The topological polar surface area (TPSA) is 91.6 Å². The van der Waals surface area contributed by atoms with E-state index >= 15 is 0 Å². The van der Waals surface area contributed by atoms with Crippen LogP contribution in [0.25, 0.3) is 0 Å². The van der Waals surface area contributed by atoms with Crippen LogP contribution in [0, 0.1) is 12.7 Å². The van der Waals surface area contributed by atoms with Gasteiger partial charge in [0, 0.05) is 30.9 Å². The molecule has 4 rings (SSSR count). The number of nitrogens with zero attached hydrogens (tertiary/aromatic N) is 2. The Balaban J connectivity index is 1.66. The fourth-order valence-electron chi connectivity index (χ4n) is 4.30. The van der Waals surface area contributed by atoms with Crippen LogP contribution in [0.5, 0.6) is 5.75 Å². The lowest BCUT2D eigenvalue weighted by molar-refractivity contribution is 0.0604. The number of fused-ring (bicyclic) bond motifs is 4. The zero-order valence-electron chi connectivity index (χ0n) is 16.9. The summed E-state index contributed by atoms with van der Waals surface area (Å²) in [6.07, 6.45) is 3.88. The second kappa shape index (κ2) is 7.59. The van der Waals surface area contributed by atoms with Gasteiger partial charge in [0.25, 0.3) is 11.8 Å². The number of halogens is 1. The molecule has 30 heavy (non-hydrogen) atoms. The van der Waals surface area contributed by atoms with Gasteiger partial charge < -0.3 is 19.9 Å². The van der Waals surface area contributed by atoms with Gasteiger partial charge in [-0.2, -0.15) is 0 Å². The molecule has 158 valence electrons. The maximum absolute atomic E-state index is 14.0. The third-order valence-electron chi connectivity index (χ3n) is 6.06. The van der Waals surface area contributed by atoms with Gasteiger partial charge in [-0.25, -0.2) is 4.39 Å². The highest BCUT2D eigenvalue weighted by Crippen LogP contribution is 2.34. The molecule has 2 aliphatic rings. The normalized spacial score (nSPS) is 20.5. The first kappa shape index (κ1) is 20.1. The van der Waals surface area contributed by atoms with Crippen molar-refractivity contribution in [2.45, 2.75) is 51.7 Å². The standard InChI is InChI=1S/C22H24FN3O4/c1-12-6-7-14(17(23)8-12)9-24-21(29)16-11-26-15-5-3-4-13(2)25(10-15)22(30)18(26)20(28)19(16)27/h6-8,11,13,15,28H,3-5,9-10H2,1-2H3,(H,24,29)/t13-,15-/m0/s1. The third kappa shape index (κ3) is 3.36. The summed E-state index contributed by atoms with van der Waals surface area (Å²) in [5, 5.41) is 13.1. The van der Waals surface area contributed by atoms with Crippen LogP contribution in [-0.2, 0) is 6.54 Å². The maximum atomic E-state index is 14.0. The number of nitrogens with one attached hydrogen (secondary N) is 1. The molecule has 0 spiro atoms. The van der Waals surface area contributed by atoms with Gasteiger partial charge in [-0.15, -0.1) is 0 Å². The fraction of sp³-hybridized carbons (Fsp3) is 0.409. The quantitative estimate of drug-likeness (QED) is 0.809. The number of pyridine rings is 1. The molecule has 7 nitrogen and oxygen atoms in total. The van der Waals surface area contributed by atoms with E-state index < -0.39 is 28.8 Å². The average molecular weight is 413 g/mol. The highest BCUT2D eigenvalue weighted by Gasteiger charge is 2.38. The molecule has 8 heteroatoms. The van der Waals surface area contributed by atoms with Crippen LogP contribution in [0.1, 0.15) is 64.2 Å². The Morgan fingerprint density at radius 1 is 1.30 bits per heavy atom. The van der Waals surface area contributed by atoms with Crippen molar-refractivity contribution in [3.8, 4) is 5.75 Å². The summed E-state index contributed by atoms with van der Waals surface area (Å²) >= 11 is 0. The van der Waals surface area contributed by atoms with Crippen LogP contribution in [-0.4, -0.2) is 39.0 Å². The summed E-state index contributed by atoms with van der Waals surface area (Å²) in [5.74, 6) is -2.28. The first-order valence-corrected chi connectivity index (χ1v) is 10.1. The minimum Gasteiger partial charge on any atom is -0.503 e. The monoisotopic (exact) mass is 413 g/mol. The number of aryl methyl sites for hydroxylation is 1. The van der Waals surface area contributed by atoms with Gasteiger partial charge in [0.2, 0.25) is 5.43 Å². The molecule has 2 bridgehead atoms. The van der Waals surface area contributed by atoms with Crippen molar-refractivity contribution >= 4 is 11.8 Å². The van der Waals surface area contributed by atoms with Crippen molar-refractivity contribution < 1.29 is 19.1 Å². The Bertz CT molecular complexity index is 1090. The smallest absolute Gasteiger partial charge is 0.274 e. The average Bonchev–Trinajstić information content (AvgIpc) is 2.87. The van der Waals surface area contributed by atoms with Gasteiger partial charge in [-0.3, -0.25) is 14.4 Å². The lowest BCUT2D eigenvalue weighted by Gasteiger charge is -2.37. The van der Waals surface area contributed by atoms with Gasteiger partial charge in [-0.1, -0.05) is 12.1 Å². The second-order valence-corrected chi connectivity index (χ2v) is 8.15. The van der Waals surface area contributed by atoms with Crippen molar-refractivity contribution in [2.24, 2.45) is 0 Å². The number of aromatic hydroxyl groups is 1. The van der Waals surface area contributed by atoms with Gasteiger partial charge in [-0.05, 0) is 44.7 Å². The van der Waals surface area contributed by atoms with E-state index in [9.17, 15) is 23.9 Å². The van der Waals surface area contributed by atoms with E-state index in [0.717, 1.165) is 24.8 Å². The Labute approximate surface area is 173 Å². The number of aromatic nitrogens is 1. The number of rotatable bonds is 3. The van der Waals surface area contributed by atoms with Gasteiger partial charge in [0.05, 0.1) is 6.04 Å². The number of carbonyl (C=O) groups excluding carboxylic acids is 2. The number of hydrogen-bond donors (Lipinski definition) is 2. The molecule has 0 saturated carbocycles. The minimum absolute atomic E-state index is 0.0260. The molecule has 2 atom stereocenters. The van der Waals surface area contributed by atoms with Crippen molar-refractivity contribution in [3.63, 3.8) is 0 Å². The summed E-state index contributed by atoms with van der Waals surface area (Å²) in [6, 6.07) is 4.58. The Kier molecular flexibility index (Phi) is 5.09. The summed E-state index contributed by atoms with van der Waals surface area (Å²) < 4.78 is 15.6. The molecule has 2 aliphatic heterocycles. The summed E-state index contributed by atoms with van der Waals surface area (Å²) in [4.78, 5) is 39.9. The van der Waals surface area contributed by atoms with Gasteiger partial charge in [0.15, 0.2) is 11.4 Å². The molecule has 1 saturated heterocycles. The van der Waals surface area contributed by atoms with Crippen LogP contribution in [0.2, 0.25) is 0 Å². The molecule has 2 aromatic rings. The predicted octanol–water partition coefficient (Wildman–Crippen LogP) is 2.50. The summed E-state index contributed by atoms with van der Waals surface area (Å²) in [7, 11) is 0. The summed E-state index contributed by atoms with van der Waals surface area (Å²) in [5.41, 5.74) is -0.172. The molecule has 0 unspecified atom stereocenters. The highest BCUT2D eigenvalue weighted by atomic mass is 19.1. The molecule has 0 radical (unpaired) electrons. The first-order chi connectivity index (χ1) is 14.3. The van der Waals surface area contributed by atoms with Crippen LogP contribution in [0.3, 0.4) is 0 Å². The van der Waals surface area contributed by atoms with E-state index in [1.807, 2.05) is 6.92 Å². The van der Waals surface area contributed by atoms with Crippen molar-refractivity contribution in [1.82, 2.24) is 14.8 Å². The third-order valence-corrected chi connectivity index (χ3v) is 6.06. The molecule has 1 aromatic heterocycles. The Morgan fingerprint density at radius 2 is 2.07 bits per heavy atom. The minimum atomic E-state index is -0.899. The van der Waals surface area contributed by atoms with Crippen LogP contribution in [0.4, 0.5) is 4.39 Å². The zero-order chi connectivity index (χ0) is 21.6. The molecule has 1 aromatic carbocycles. The Morgan fingerprint density at radius 3 is 2.80 bits per heavy atom. The number of amides is 2. The van der Waals surface area contributed by atoms with Gasteiger partial charge in [0.1, 0.15) is 11.4 Å². The molecule has 0 aliphatic carbocycles. The van der Waals surface area contributed by atoms with E-state index in [-0.39, 0.29) is 29.9 Å². The largest absolute Gasteiger partial charge is 0.503 e. The first-order valence-electron chi connectivity index (χ1n) is 10.1. The number of carbonyl (C=O) groups is 2. The van der Waals surface area contributed by atoms with Crippen molar-refractivity contribution in [2.75, 3.05) is 6.54 Å². The molecule has 1 fully saturated rings.